The van der Waals surface area contributed by atoms with Gasteiger partial charge in [0.05, 0.1) is 13.2 Å². The van der Waals surface area contributed by atoms with Gasteiger partial charge in [0.2, 0.25) is 0 Å². The second kappa shape index (κ2) is 6.39. The quantitative estimate of drug-likeness (QED) is 0.770. The number of hydrogen-bond acceptors (Lipinski definition) is 6. The molecule has 1 fully saturated rings. The zero-order chi connectivity index (χ0) is 12.8. The molecule has 0 aliphatic carbocycles. The van der Waals surface area contributed by atoms with Gasteiger partial charge in [-0.25, -0.2) is 4.79 Å². The largest absolute Gasteiger partial charge is 0.461 e. The van der Waals surface area contributed by atoms with Crippen molar-refractivity contribution < 1.29 is 18.7 Å². The molecular formula is C12H18N2O4. The van der Waals surface area contributed by atoms with Gasteiger partial charge in [0.1, 0.15) is 6.26 Å². The van der Waals surface area contributed by atoms with Crippen LogP contribution in [-0.4, -0.2) is 37.3 Å². The van der Waals surface area contributed by atoms with Crippen LogP contribution in [0.4, 0.5) is 0 Å². The van der Waals surface area contributed by atoms with Gasteiger partial charge in [-0.15, -0.1) is 0 Å². The minimum Gasteiger partial charge on any atom is -0.461 e. The monoisotopic (exact) mass is 254 g/mol. The molecule has 100 valence electrons. The average molecular weight is 254 g/mol. The summed E-state index contributed by atoms with van der Waals surface area (Å²) in [5, 5.41) is 3.30. The summed E-state index contributed by atoms with van der Waals surface area (Å²) < 4.78 is 15.2. The molecule has 1 saturated heterocycles. The van der Waals surface area contributed by atoms with Gasteiger partial charge < -0.3 is 19.2 Å². The van der Waals surface area contributed by atoms with Gasteiger partial charge in [0, 0.05) is 0 Å². The molecule has 1 aromatic heterocycles. The highest BCUT2D eigenvalue weighted by Gasteiger charge is 2.16. The van der Waals surface area contributed by atoms with Crippen LogP contribution in [0.5, 0.6) is 6.08 Å². The molecule has 1 N–H and O–H groups in total. The van der Waals surface area contributed by atoms with Crippen LogP contribution >= 0.6 is 0 Å². The van der Waals surface area contributed by atoms with Crippen molar-refractivity contribution in [1.29, 1.82) is 0 Å². The first-order valence-electron chi connectivity index (χ1n) is 6.25. The SMILES string of the molecule is CCOC(=O)c1coc(OCCC2CCNC2)n1. The number of rotatable bonds is 6. The Morgan fingerprint density at radius 1 is 1.67 bits per heavy atom. The van der Waals surface area contributed by atoms with Crippen molar-refractivity contribution in [3.8, 4) is 6.08 Å². The summed E-state index contributed by atoms with van der Waals surface area (Å²) in [5.41, 5.74) is 0.148. The molecule has 1 aliphatic rings. The van der Waals surface area contributed by atoms with Crippen LogP contribution in [0, 0.1) is 5.92 Å². The van der Waals surface area contributed by atoms with E-state index in [0.29, 0.717) is 19.1 Å². The standard InChI is InChI=1S/C12H18N2O4/c1-2-16-11(15)10-8-18-12(14-10)17-6-4-9-3-5-13-7-9/h8-9,13H,2-7H2,1H3. The van der Waals surface area contributed by atoms with E-state index >= 15 is 0 Å². The summed E-state index contributed by atoms with van der Waals surface area (Å²) >= 11 is 0. The zero-order valence-electron chi connectivity index (χ0n) is 10.5. The van der Waals surface area contributed by atoms with E-state index in [4.69, 9.17) is 13.9 Å². The molecule has 0 bridgehead atoms. The molecule has 6 nitrogen and oxygen atoms in total. The number of nitrogens with one attached hydrogen (secondary N) is 1. The Balaban J connectivity index is 1.74. The minimum atomic E-state index is -0.490. The molecule has 1 unspecified atom stereocenters. The van der Waals surface area contributed by atoms with E-state index in [0.717, 1.165) is 19.5 Å². The molecule has 0 saturated carbocycles. The second-order valence-corrected chi connectivity index (χ2v) is 4.22. The molecule has 0 amide bonds. The van der Waals surface area contributed by atoms with E-state index in [-0.39, 0.29) is 11.8 Å². The van der Waals surface area contributed by atoms with E-state index in [2.05, 4.69) is 10.3 Å². The highest BCUT2D eigenvalue weighted by molar-refractivity contribution is 5.86. The first kappa shape index (κ1) is 12.9. The van der Waals surface area contributed by atoms with Crippen molar-refractivity contribution in [2.24, 2.45) is 5.92 Å². The Hall–Kier alpha value is -1.56. The van der Waals surface area contributed by atoms with Crippen molar-refractivity contribution in [3.05, 3.63) is 12.0 Å². The lowest BCUT2D eigenvalue weighted by atomic mass is 10.1. The lowest BCUT2D eigenvalue weighted by Crippen LogP contribution is -2.11. The molecule has 2 rings (SSSR count). The number of ether oxygens (including phenoxy) is 2. The maximum Gasteiger partial charge on any atom is 0.394 e. The highest BCUT2D eigenvalue weighted by Crippen LogP contribution is 2.15. The smallest absolute Gasteiger partial charge is 0.394 e. The number of oxazole rings is 1. The van der Waals surface area contributed by atoms with Crippen LogP contribution in [0.2, 0.25) is 0 Å². The fourth-order valence-electron chi connectivity index (χ4n) is 1.90. The van der Waals surface area contributed by atoms with Crippen molar-refractivity contribution in [3.63, 3.8) is 0 Å². The van der Waals surface area contributed by atoms with Crippen LogP contribution < -0.4 is 10.1 Å². The third-order valence-electron chi connectivity index (χ3n) is 2.88. The fraction of sp³-hybridized carbons (Fsp3) is 0.667. The van der Waals surface area contributed by atoms with Crippen molar-refractivity contribution in [2.45, 2.75) is 19.8 Å². The Morgan fingerprint density at radius 2 is 2.56 bits per heavy atom. The zero-order valence-corrected chi connectivity index (χ0v) is 10.5. The summed E-state index contributed by atoms with van der Waals surface area (Å²) in [5.74, 6) is 0.167. The van der Waals surface area contributed by atoms with Crippen LogP contribution in [0.1, 0.15) is 30.3 Å². The van der Waals surface area contributed by atoms with E-state index in [1.165, 1.54) is 12.7 Å². The van der Waals surface area contributed by atoms with Crippen LogP contribution in [0.25, 0.3) is 0 Å². The summed E-state index contributed by atoms with van der Waals surface area (Å²) in [4.78, 5) is 15.2. The summed E-state index contributed by atoms with van der Waals surface area (Å²) in [6.07, 6.45) is 3.53. The number of nitrogens with zero attached hydrogens (tertiary/aromatic N) is 1. The molecule has 6 heteroatoms. The van der Waals surface area contributed by atoms with Crippen molar-refractivity contribution in [2.75, 3.05) is 26.3 Å². The molecular weight excluding hydrogens is 236 g/mol. The van der Waals surface area contributed by atoms with Gasteiger partial charge in [0.25, 0.3) is 0 Å². The van der Waals surface area contributed by atoms with Crippen LogP contribution in [0.15, 0.2) is 10.7 Å². The Bertz CT molecular complexity index is 385. The van der Waals surface area contributed by atoms with Gasteiger partial charge in [-0.3, -0.25) is 0 Å². The topological polar surface area (TPSA) is 73.6 Å². The molecule has 1 aliphatic heterocycles. The van der Waals surface area contributed by atoms with E-state index < -0.39 is 5.97 Å². The first-order chi connectivity index (χ1) is 8.79. The number of hydrogen-bond donors (Lipinski definition) is 1. The Labute approximate surface area is 106 Å². The normalized spacial score (nSPS) is 18.8. The number of aromatic nitrogens is 1. The van der Waals surface area contributed by atoms with Gasteiger partial charge in [-0.2, -0.15) is 4.98 Å². The van der Waals surface area contributed by atoms with Gasteiger partial charge >= 0.3 is 12.0 Å². The highest BCUT2D eigenvalue weighted by atomic mass is 16.6. The lowest BCUT2D eigenvalue weighted by molar-refractivity contribution is 0.0519. The number of carbonyl (C=O) groups is 1. The van der Waals surface area contributed by atoms with Gasteiger partial charge in [-0.1, -0.05) is 0 Å². The lowest BCUT2D eigenvalue weighted by Gasteiger charge is -2.06. The van der Waals surface area contributed by atoms with Gasteiger partial charge in [-0.05, 0) is 38.8 Å². The maximum atomic E-state index is 11.3. The molecule has 0 radical (unpaired) electrons. The summed E-state index contributed by atoms with van der Waals surface area (Å²) in [6, 6.07) is 0. The Morgan fingerprint density at radius 3 is 3.28 bits per heavy atom. The molecule has 18 heavy (non-hydrogen) atoms. The van der Waals surface area contributed by atoms with Crippen LogP contribution in [-0.2, 0) is 4.74 Å². The predicted octanol–water partition coefficient (Wildman–Crippen LogP) is 1.23. The predicted molar refractivity (Wildman–Crippen MR) is 63.5 cm³/mol. The molecule has 0 aromatic carbocycles. The van der Waals surface area contributed by atoms with E-state index in [1.54, 1.807) is 6.92 Å². The van der Waals surface area contributed by atoms with E-state index in [9.17, 15) is 4.79 Å². The third kappa shape index (κ3) is 3.46. The number of esters is 1. The molecule has 2 heterocycles. The molecule has 1 atom stereocenters. The summed E-state index contributed by atoms with van der Waals surface area (Å²) in [7, 11) is 0. The molecule has 1 aromatic rings. The second-order valence-electron chi connectivity index (χ2n) is 4.22. The fourth-order valence-corrected chi connectivity index (χ4v) is 1.90. The Kier molecular flexibility index (Phi) is 4.58. The number of carbonyl (C=O) groups excluding carboxylic acids is 1. The first-order valence-corrected chi connectivity index (χ1v) is 6.25. The van der Waals surface area contributed by atoms with Crippen molar-refractivity contribution >= 4 is 5.97 Å². The van der Waals surface area contributed by atoms with Crippen molar-refractivity contribution in [1.82, 2.24) is 10.3 Å². The maximum absolute atomic E-state index is 11.3. The van der Waals surface area contributed by atoms with Gasteiger partial charge in [0.15, 0.2) is 5.69 Å². The van der Waals surface area contributed by atoms with Crippen LogP contribution in [0.3, 0.4) is 0 Å². The molecule has 0 spiro atoms. The third-order valence-corrected chi connectivity index (χ3v) is 2.88. The average Bonchev–Trinajstić information content (AvgIpc) is 3.00. The summed E-state index contributed by atoms with van der Waals surface area (Å²) in [6.45, 7) is 4.73. The van der Waals surface area contributed by atoms with E-state index in [1.807, 2.05) is 0 Å². The minimum absolute atomic E-state index is 0.129.